The van der Waals surface area contributed by atoms with Gasteiger partial charge in [-0.15, -0.1) is 0 Å². The first-order valence-electron chi connectivity index (χ1n) is 9.47. The van der Waals surface area contributed by atoms with Gasteiger partial charge in [-0.25, -0.2) is 0 Å². The summed E-state index contributed by atoms with van der Waals surface area (Å²) in [6.07, 6.45) is 17.3. The Labute approximate surface area is 132 Å². The van der Waals surface area contributed by atoms with E-state index in [1.54, 1.807) is 6.92 Å². The van der Waals surface area contributed by atoms with Crippen LogP contribution in [0.2, 0.25) is 0 Å². The molecule has 21 heavy (non-hydrogen) atoms. The lowest BCUT2D eigenvalue weighted by Crippen LogP contribution is -2.31. The molecule has 0 spiro atoms. The van der Waals surface area contributed by atoms with Gasteiger partial charge in [0, 0.05) is 12.5 Å². The molecule has 0 amide bonds. The van der Waals surface area contributed by atoms with Crippen molar-refractivity contribution < 1.29 is 4.79 Å². The zero-order chi connectivity index (χ0) is 15.3. The van der Waals surface area contributed by atoms with E-state index < -0.39 is 0 Å². The van der Waals surface area contributed by atoms with Gasteiger partial charge in [-0.1, -0.05) is 64.7 Å². The van der Waals surface area contributed by atoms with Crippen LogP contribution in [-0.4, -0.2) is 29.8 Å². The molecule has 0 saturated carbocycles. The van der Waals surface area contributed by atoms with Crippen molar-refractivity contribution >= 4 is 5.78 Å². The van der Waals surface area contributed by atoms with Crippen LogP contribution in [0.4, 0.5) is 0 Å². The first kappa shape index (κ1) is 18.7. The monoisotopic (exact) mass is 295 g/mol. The summed E-state index contributed by atoms with van der Waals surface area (Å²) in [5.74, 6) is 0.356. The first-order chi connectivity index (χ1) is 10.2. The molecule has 1 saturated heterocycles. The topological polar surface area (TPSA) is 20.3 Å². The largest absolute Gasteiger partial charge is 0.300 e. The molecule has 1 rings (SSSR count). The van der Waals surface area contributed by atoms with Gasteiger partial charge in [-0.05, 0) is 39.3 Å². The van der Waals surface area contributed by atoms with Crippen molar-refractivity contribution in [2.75, 3.05) is 13.1 Å². The molecule has 124 valence electrons. The molecule has 1 unspecified atom stereocenters. The SMILES string of the molecule is CCCCCCCCCCCCN1CCCC1CC(C)=O. The normalized spacial score (nSPS) is 19.2. The highest BCUT2D eigenvalue weighted by Crippen LogP contribution is 2.21. The van der Waals surface area contributed by atoms with Crippen LogP contribution in [0.3, 0.4) is 0 Å². The van der Waals surface area contributed by atoms with Gasteiger partial charge in [0.1, 0.15) is 5.78 Å². The van der Waals surface area contributed by atoms with Gasteiger partial charge in [-0.2, -0.15) is 0 Å². The van der Waals surface area contributed by atoms with Crippen LogP contribution in [0.1, 0.15) is 97.3 Å². The molecule has 0 aliphatic carbocycles. The minimum atomic E-state index is 0.356. The molecule has 2 heteroatoms. The van der Waals surface area contributed by atoms with Crippen molar-refractivity contribution in [2.24, 2.45) is 0 Å². The molecule has 0 aromatic rings. The lowest BCUT2D eigenvalue weighted by Gasteiger charge is -2.23. The maximum Gasteiger partial charge on any atom is 0.131 e. The quantitative estimate of drug-likeness (QED) is 0.427. The van der Waals surface area contributed by atoms with Gasteiger partial charge in [0.25, 0.3) is 0 Å². The summed E-state index contributed by atoms with van der Waals surface area (Å²) in [7, 11) is 0. The van der Waals surface area contributed by atoms with E-state index in [-0.39, 0.29) is 0 Å². The van der Waals surface area contributed by atoms with Crippen molar-refractivity contribution in [3.8, 4) is 0 Å². The number of carbonyl (C=O) groups is 1. The summed E-state index contributed by atoms with van der Waals surface area (Å²) in [5.41, 5.74) is 0. The smallest absolute Gasteiger partial charge is 0.131 e. The zero-order valence-corrected chi connectivity index (χ0v) is 14.5. The Balaban J connectivity index is 1.90. The van der Waals surface area contributed by atoms with E-state index >= 15 is 0 Å². The number of nitrogens with zero attached hydrogens (tertiary/aromatic N) is 1. The highest BCUT2D eigenvalue weighted by atomic mass is 16.1. The third-order valence-corrected chi connectivity index (χ3v) is 4.82. The standard InChI is InChI=1S/C19H37NO/c1-3-4-5-6-7-8-9-10-11-12-15-20-16-13-14-19(20)17-18(2)21/h19H,3-17H2,1-2H3. The van der Waals surface area contributed by atoms with Gasteiger partial charge in [-0.3, -0.25) is 9.69 Å². The number of Topliss-reactive ketones (excluding diaryl/α,β-unsaturated/α-hetero) is 1. The van der Waals surface area contributed by atoms with E-state index in [2.05, 4.69) is 11.8 Å². The number of hydrogen-bond donors (Lipinski definition) is 0. The number of rotatable bonds is 13. The van der Waals surface area contributed by atoms with E-state index in [0.717, 1.165) is 6.42 Å². The summed E-state index contributed by atoms with van der Waals surface area (Å²) in [6, 6.07) is 0.557. The maximum atomic E-state index is 11.3. The second kappa shape index (κ2) is 12.2. The van der Waals surface area contributed by atoms with Gasteiger partial charge in [0.15, 0.2) is 0 Å². The van der Waals surface area contributed by atoms with Crippen molar-refractivity contribution in [3.63, 3.8) is 0 Å². The van der Waals surface area contributed by atoms with E-state index in [4.69, 9.17) is 0 Å². The Hall–Kier alpha value is -0.370. The maximum absolute atomic E-state index is 11.3. The molecule has 1 aliphatic heterocycles. The summed E-state index contributed by atoms with van der Waals surface area (Å²) < 4.78 is 0. The summed E-state index contributed by atoms with van der Waals surface area (Å²) in [6.45, 7) is 6.45. The van der Waals surface area contributed by atoms with E-state index in [1.807, 2.05) is 0 Å². The third kappa shape index (κ3) is 9.29. The molecule has 0 aromatic heterocycles. The third-order valence-electron chi connectivity index (χ3n) is 4.82. The Morgan fingerprint density at radius 2 is 1.52 bits per heavy atom. The van der Waals surface area contributed by atoms with E-state index in [0.29, 0.717) is 11.8 Å². The number of ketones is 1. The molecule has 0 bridgehead atoms. The van der Waals surface area contributed by atoms with Crippen molar-refractivity contribution in [1.29, 1.82) is 0 Å². The number of carbonyl (C=O) groups excluding carboxylic acids is 1. The van der Waals surface area contributed by atoms with Crippen LogP contribution >= 0.6 is 0 Å². The molecule has 2 nitrogen and oxygen atoms in total. The fourth-order valence-corrected chi connectivity index (χ4v) is 3.55. The highest BCUT2D eigenvalue weighted by molar-refractivity contribution is 5.76. The lowest BCUT2D eigenvalue weighted by atomic mass is 10.1. The Morgan fingerprint density at radius 3 is 2.10 bits per heavy atom. The Bertz CT molecular complexity index is 264. The highest BCUT2D eigenvalue weighted by Gasteiger charge is 2.24. The molecule has 0 radical (unpaired) electrons. The fourth-order valence-electron chi connectivity index (χ4n) is 3.55. The van der Waals surface area contributed by atoms with E-state index in [1.165, 1.54) is 90.1 Å². The minimum Gasteiger partial charge on any atom is -0.300 e. The molecule has 1 fully saturated rings. The lowest BCUT2D eigenvalue weighted by molar-refractivity contribution is -0.118. The van der Waals surface area contributed by atoms with Crippen molar-refractivity contribution in [1.82, 2.24) is 4.90 Å². The van der Waals surface area contributed by atoms with Crippen LogP contribution in [0.15, 0.2) is 0 Å². The van der Waals surface area contributed by atoms with Crippen LogP contribution in [0.25, 0.3) is 0 Å². The molecule has 0 aromatic carbocycles. The summed E-state index contributed by atoms with van der Waals surface area (Å²) in [5, 5.41) is 0. The van der Waals surface area contributed by atoms with Crippen LogP contribution in [-0.2, 0) is 4.79 Å². The van der Waals surface area contributed by atoms with Gasteiger partial charge in [0.2, 0.25) is 0 Å². The van der Waals surface area contributed by atoms with Gasteiger partial charge < -0.3 is 0 Å². The average molecular weight is 296 g/mol. The first-order valence-corrected chi connectivity index (χ1v) is 9.47. The fraction of sp³-hybridized carbons (Fsp3) is 0.947. The Morgan fingerprint density at radius 1 is 0.952 bits per heavy atom. The number of hydrogen-bond acceptors (Lipinski definition) is 2. The predicted octanol–water partition coefficient (Wildman–Crippen LogP) is 5.35. The molecular weight excluding hydrogens is 258 g/mol. The van der Waals surface area contributed by atoms with Gasteiger partial charge in [0.05, 0.1) is 0 Å². The van der Waals surface area contributed by atoms with Gasteiger partial charge >= 0.3 is 0 Å². The van der Waals surface area contributed by atoms with Crippen LogP contribution < -0.4 is 0 Å². The summed E-state index contributed by atoms with van der Waals surface area (Å²) in [4.78, 5) is 13.8. The molecule has 1 aliphatic rings. The average Bonchev–Trinajstić information content (AvgIpc) is 2.87. The number of unbranched alkanes of at least 4 members (excludes halogenated alkanes) is 9. The second-order valence-electron chi connectivity index (χ2n) is 6.92. The molecule has 1 heterocycles. The van der Waals surface area contributed by atoms with Crippen LogP contribution in [0.5, 0.6) is 0 Å². The molecule has 1 atom stereocenters. The van der Waals surface area contributed by atoms with Crippen molar-refractivity contribution in [3.05, 3.63) is 0 Å². The van der Waals surface area contributed by atoms with Crippen LogP contribution in [0, 0.1) is 0 Å². The predicted molar refractivity (Wildman–Crippen MR) is 91.7 cm³/mol. The zero-order valence-electron chi connectivity index (χ0n) is 14.5. The summed E-state index contributed by atoms with van der Waals surface area (Å²) >= 11 is 0. The Kier molecular flexibility index (Phi) is 10.9. The molecular formula is C19H37NO. The van der Waals surface area contributed by atoms with Crippen molar-refractivity contribution in [2.45, 2.75) is 103 Å². The number of likely N-dealkylation sites (tertiary alicyclic amines) is 1. The molecule has 0 N–H and O–H groups in total. The second-order valence-corrected chi connectivity index (χ2v) is 6.92. The van der Waals surface area contributed by atoms with E-state index in [9.17, 15) is 4.79 Å². The minimum absolute atomic E-state index is 0.356.